The van der Waals surface area contributed by atoms with E-state index in [0.29, 0.717) is 0 Å². The number of piperidine rings is 1. The second-order valence-electron chi connectivity index (χ2n) is 6.77. The average Bonchev–Trinajstić information content (AvgIpc) is 2.56. The van der Waals surface area contributed by atoms with Gasteiger partial charge in [-0.15, -0.1) is 0 Å². The summed E-state index contributed by atoms with van der Waals surface area (Å²) in [4.78, 5) is 2.57. The van der Waals surface area contributed by atoms with E-state index in [-0.39, 0.29) is 0 Å². The average molecular weight is 286 g/mol. The van der Waals surface area contributed by atoms with Crippen molar-refractivity contribution in [1.29, 1.82) is 0 Å². The summed E-state index contributed by atoms with van der Waals surface area (Å²) in [5.41, 5.74) is 3.25. The van der Waals surface area contributed by atoms with Crippen molar-refractivity contribution in [3.63, 3.8) is 0 Å². The maximum Gasteiger partial charge on any atom is 0.0480 e. The van der Waals surface area contributed by atoms with Gasteiger partial charge in [-0.2, -0.15) is 0 Å². The van der Waals surface area contributed by atoms with Crippen LogP contribution in [-0.4, -0.2) is 31.2 Å². The summed E-state index contributed by atoms with van der Waals surface area (Å²) in [5.74, 6) is 0.812. The molecular weight excluding hydrogens is 256 g/mol. The molecule has 0 spiro atoms. The number of likely N-dealkylation sites (tertiary alicyclic amines) is 1. The summed E-state index contributed by atoms with van der Waals surface area (Å²) in [6, 6.07) is 9.10. The molecule has 2 aliphatic rings. The molecule has 0 aromatic heterocycles. The van der Waals surface area contributed by atoms with Gasteiger partial charge in [0.2, 0.25) is 0 Å². The van der Waals surface area contributed by atoms with E-state index in [0.717, 1.165) is 12.6 Å². The Balaban J connectivity index is 1.36. The Kier molecular flexibility index (Phi) is 5.70. The number of fused-ring (bicyclic) bond motifs is 1. The lowest BCUT2D eigenvalue weighted by atomic mass is 9.80. The molecule has 1 heterocycles. The summed E-state index contributed by atoms with van der Waals surface area (Å²) in [6.07, 6.45) is 10.9. The van der Waals surface area contributed by atoms with E-state index < -0.39 is 0 Å². The molecule has 2 nitrogen and oxygen atoms in total. The predicted octanol–water partition coefficient (Wildman–Crippen LogP) is 3.92. The molecule has 116 valence electrons. The van der Waals surface area contributed by atoms with Crippen LogP contribution in [0.3, 0.4) is 0 Å². The molecule has 1 aromatic rings. The Labute approximate surface area is 129 Å². The van der Waals surface area contributed by atoms with Gasteiger partial charge in [0.05, 0.1) is 0 Å². The van der Waals surface area contributed by atoms with E-state index in [9.17, 15) is 0 Å². The monoisotopic (exact) mass is 286 g/mol. The molecule has 2 heteroatoms. The van der Waals surface area contributed by atoms with Gasteiger partial charge in [0.15, 0.2) is 0 Å². The molecule has 1 aromatic carbocycles. The minimum Gasteiger partial charge on any atom is -0.304 e. The zero-order chi connectivity index (χ0) is 14.3. The van der Waals surface area contributed by atoms with Crippen molar-refractivity contribution in [3.05, 3.63) is 35.4 Å². The Morgan fingerprint density at radius 1 is 1.05 bits per heavy atom. The van der Waals surface area contributed by atoms with Gasteiger partial charge in [-0.1, -0.05) is 30.7 Å². The smallest absolute Gasteiger partial charge is 0.0480 e. The third-order valence-corrected chi connectivity index (χ3v) is 5.18. The molecule has 1 fully saturated rings. The van der Waals surface area contributed by atoms with Crippen molar-refractivity contribution in [2.75, 3.05) is 26.3 Å². The van der Waals surface area contributed by atoms with Crippen LogP contribution in [0.2, 0.25) is 0 Å². The van der Waals surface area contributed by atoms with Crippen LogP contribution in [0.1, 0.15) is 62.0 Å². The molecule has 1 aliphatic carbocycles. The van der Waals surface area contributed by atoms with Crippen LogP contribution in [0.5, 0.6) is 0 Å². The van der Waals surface area contributed by atoms with Crippen LogP contribution in [0, 0.1) is 0 Å². The largest absolute Gasteiger partial charge is 0.304 e. The van der Waals surface area contributed by atoms with Crippen LogP contribution in [-0.2, 0) is 6.42 Å². The Morgan fingerprint density at radius 2 is 1.90 bits per heavy atom. The predicted molar refractivity (Wildman–Crippen MR) is 89.6 cm³/mol. The van der Waals surface area contributed by atoms with Crippen LogP contribution in [0.25, 0.3) is 0 Å². The highest BCUT2D eigenvalue weighted by Gasteiger charge is 2.19. The Morgan fingerprint density at radius 3 is 2.81 bits per heavy atom. The maximum atomic E-state index is 3.64. The first-order valence-electron chi connectivity index (χ1n) is 8.94. The van der Waals surface area contributed by atoms with Crippen LogP contribution in [0.4, 0.5) is 0 Å². The minimum absolute atomic E-state index is 0.812. The maximum absolute atomic E-state index is 3.64. The quantitative estimate of drug-likeness (QED) is 0.797. The second kappa shape index (κ2) is 7.95. The van der Waals surface area contributed by atoms with Crippen LogP contribution < -0.4 is 5.32 Å². The first kappa shape index (κ1) is 15.1. The lowest BCUT2D eigenvalue weighted by Gasteiger charge is -2.27. The highest BCUT2D eigenvalue weighted by atomic mass is 15.2. The fraction of sp³-hybridized carbons (Fsp3) is 0.684. The van der Waals surface area contributed by atoms with E-state index in [1.54, 1.807) is 11.1 Å². The van der Waals surface area contributed by atoms with Gasteiger partial charge in [0.25, 0.3) is 0 Å². The number of aryl methyl sites for hydroxylation is 1. The van der Waals surface area contributed by atoms with Gasteiger partial charge < -0.3 is 5.32 Å². The standard InChI is InChI=1S/C19H30N2/c1-4-14-21(15-5-1)16-20-13-7-11-18-10-6-9-17-8-2-3-12-19(17)18/h2-3,8,12,18,20H,1,4-7,9-11,13-16H2. The minimum atomic E-state index is 0.812. The number of nitrogens with zero attached hydrogens (tertiary/aromatic N) is 1. The van der Waals surface area contributed by atoms with E-state index in [4.69, 9.17) is 0 Å². The SMILES string of the molecule is c1ccc2c(c1)CCCC2CCCNCN1CCCCC1. The van der Waals surface area contributed by atoms with Gasteiger partial charge in [-0.25, -0.2) is 0 Å². The molecule has 1 unspecified atom stereocenters. The van der Waals surface area contributed by atoms with E-state index in [2.05, 4.69) is 34.5 Å². The van der Waals surface area contributed by atoms with Crippen molar-refractivity contribution in [3.8, 4) is 0 Å². The van der Waals surface area contributed by atoms with Crippen molar-refractivity contribution in [2.45, 2.75) is 57.3 Å². The van der Waals surface area contributed by atoms with Gasteiger partial charge in [-0.3, -0.25) is 4.90 Å². The molecule has 0 saturated carbocycles. The van der Waals surface area contributed by atoms with Crippen LogP contribution in [0.15, 0.2) is 24.3 Å². The molecule has 0 radical (unpaired) electrons. The number of hydrogen-bond acceptors (Lipinski definition) is 2. The number of benzene rings is 1. The lowest BCUT2D eigenvalue weighted by Crippen LogP contribution is -2.38. The van der Waals surface area contributed by atoms with Crippen LogP contribution >= 0.6 is 0 Å². The van der Waals surface area contributed by atoms with Crippen molar-refractivity contribution >= 4 is 0 Å². The molecule has 1 aliphatic heterocycles. The highest BCUT2D eigenvalue weighted by Crippen LogP contribution is 2.34. The van der Waals surface area contributed by atoms with Gasteiger partial charge >= 0.3 is 0 Å². The molecule has 1 saturated heterocycles. The first-order valence-corrected chi connectivity index (χ1v) is 8.94. The molecule has 0 bridgehead atoms. The van der Waals surface area contributed by atoms with Crippen molar-refractivity contribution in [2.24, 2.45) is 0 Å². The van der Waals surface area contributed by atoms with E-state index in [1.807, 2.05) is 0 Å². The van der Waals surface area contributed by atoms with E-state index in [1.165, 1.54) is 71.0 Å². The zero-order valence-corrected chi connectivity index (χ0v) is 13.3. The molecule has 1 atom stereocenters. The summed E-state index contributed by atoms with van der Waals surface area (Å²) >= 11 is 0. The second-order valence-corrected chi connectivity index (χ2v) is 6.77. The Bertz CT molecular complexity index is 423. The highest BCUT2D eigenvalue weighted by molar-refractivity contribution is 5.32. The van der Waals surface area contributed by atoms with Gasteiger partial charge in [0, 0.05) is 6.67 Å². The lowest BCUT2D eigenvalue weighted by molar-refractivity contribution is 0.212. The first-order chi connectivity index (χ1) is 10.4. The fourth-order valence-corrected chi connectivity index (χ4v) is 3.98. The topological polar surface area (TPSA) is 15.3 Å². The number of hydrogen-bond donors (Lipinski definition) is 1. The molecule has 0 amide bonds. The van der Waals surface area contributed by atoms with Crippen molar-refractivity contribution < 1.29 is 0 Å². The summed E-state index contributed by atoms with van der Waals surface area (Å²) < 4.78 is 0. The number of nitrogens with one attached hydrogen (secondary N) is 1. The summed E-state index contributed by atoms with van der Waals surface area (Å²) in [7, 11) is 0. The summed E-state index contributed by atoms with van der Waals surface area (Å²) in [5, 5.41) is 3.64. The van der Waals surface area contributed by atoms with Gasteiger partial charge in [0.1, 0.15) is 0 Å². The summed E-state index contributed by atoms with van der Waals surface area (Å²) in [6.45, 7) is 4.86. The van der Waals surface area contributed by atoms with E-state index >= 15 is 0 Å². The third kappa shape index (κ3) is 4.31. The van der Waals surface area contributed by atoms with Crippen molar-refractivity contribution in [1.82, 2.24) is 10.2 Å². The normalized spacial score (nSPS) is 23.0. The van der Waals surface area contributed by atoms with Gasteiger partial charge in [-0.05, 0) is 81.6 Å². The third-order valence-electron chi connectivity index (χ3n) is 5.18. The zero-order valence-electron chi connectivity index (χ0n) is 13.3. The number of rotatable bonds is 6. The molecular formula is C19H30N2. The molecule has 21 heavy (non-hydrogen) atoms. The molecule has 1 N–H and O–H groups in total. The Hall–Kier alpha value is -0.860. The molecule has 3 rings (SSSR count). The fourth-order valence-electron chi connectivity index (χ4n) is 3.98.